The fourth-order valence-corrected chi connectivity index (χ4v) is 3.17. The van der Waals surface area contributed by atoms with Crippen molar-refractivity contribution < 1.29 is 4.79 Å². The molecule has 1 aliphatic heterocycles. The van der Waals surface area contributed by atoms with Crippen LogP contribution in [0.2, 0.25) is 0 Å². The van der Waals surface area contributed by atoms with E-state index in [0.717, 1.165) is 43.9 Å². The lowest BCUT2D eigenvalue weighted by atomic mass is 10.2. The van der Waals surface area contributed by atoms with Gasteiger partial charge in [-0.1, -0.05) is 31.1 Å². The maximum Gasteiger partial charge on any atom is 0.265 e. The molecule has 1 aromatic heterocycles. The lowest BCUT2D eigenvalue weighted by Crippen LogP contribution is -2.26. The molecule has 0 bridgehead atoms. The molecule has 0 aromatic carbocycles. The minimum atomic E-state index is -0.120. The van der Waals surface area contributed by atoms with E-state index in [-0.39, 0.29) is 11.9 Å². The second kappa shape index (κ2) is 6.90. The zero-order valence-electron chi connectivity index (χ0n) is 11.9. The van der Waals surface area contributed by atoms with Gasteiger partial charge in [-0.2, -0.15) is 0 Å². The first kappa shape index (κ1) is 15.1. The van der Waals surface area contributed by atoms with Crippen LogP contribution in [0.5, 0.6) is 0 Å². The Labute approximate surface area is 123 Å². The van der Waals surface area contributed by atoms with Crippen molar-refractivity contribution in [3.05, 3.63) is 4.88 Å². The van der Waals surface area contributed by atoms with Crippen LogP contribution in [0.1, 0.15) is 42.3 Å². The van der Waals surface area contributed by atoms with Gasteiger partial charge < -0.3 is 21.7 Å². The highest BCUT2D eigenvalue weighted by Crippen LogP contribution is 2.30. The van der Waals surface area contributed by atoms with Crippen LogP contribution in [0.3, 0.4) is 0 Å². The normalized spacial score (nSPS) is 18.5. The summed E-state index contributed by atoms with van der Waals surface area (Å²) < 4.78 is 0. The molecule has 112 valence electrons. The third-order valence-electron chi connectivity index (χ3n) is 3.41. The molecule has 0 spiro atoms. The number of nitrogens with one attached hydrogen (secondary N) is 1. The monoisotopic (exact) mass is 297 g/mol. The average Bonchev–Trinajstić information content (AvgIpc) is 3.00. The number of hydrogen-bond acceptors (Lipinski definition) is 6. The topological polar surface area (TPSA) is 97.3 Å². The lowest BCUT2D eigenvalue weighted by molar-refractivity contribution is 0.0957. The van der Waals surface area contributed by atoms with Crippen molar-refractivity contribution in [2.45, 2.75) is 38.6 Å². The number of carbonyl (C=O) groups excluding carboxylic acids is 1. The van der Waals surface area contributed by atoms with Gasteiger partial charge in [0.25, 0.3) is 5.91 Å². The first-order valence-electron chi connectivity index (χ1n) is 7.16. The molecule has 20 heavy (non-hydrogen) atoms. The number of nitrogen functional groups attached to an aromatic ring is 1. The fraction of sp³-hybridized carbons (Fsp3) is 0.692. The van der Waals surface area contributed by atoms with Crippen molar-refractivity contribution in [1.29, 1.82) is 0 Å². The highest BCUT2D eigenvalue weighted by atomic mass is 32.1. The quantitative estimate of drug-likeness (QED) is 0.685. The van der Waals surface area contributed by atoms with Crippen molar-refractivity contribution in [1.82, 2.24) is 10.3 Å². The second-order valence-electron chi connectivity index (χ2n) is 5.17. The standard InChI is InChI=1S/C13H23N5OS/c1-2-3-4-6-16-12(19)10-11(15)17-13(20-10)18-7-5-9(14)8-18/h9H,2-8,14-15H2,1H3,(H,16,19). The first-order valence-corrected chi connectivity index (χ1v) is 7.98. The van der Waals surface area contributed by atoms with E-state index in [0.29, 0.717) is 17.2 Å². The van der Waals surface area contributed by atoms with E-state index in [1.807, 2.05) is 0 Å². The Morgan fingerprint density at radius 3 is 3.00 bits per heavy atom. The van der Waals surface area contributed by atoms with Gasteiger partial charge in [0, 0.05) is 25.7 Å². The molecular weight excluding hydrogens is 274 g/mol. The molecular formula is C13H23N5OS. The summed E-state index contributed by atoms with van der Waals surface area (Å²) in [6.45, 7) is 4.49. The van der Waals surface area contributed by atoms with Crippen LogP contribution in [0.15, 0.2) is 0 Å². The highest BCUT2D eigenvalue weighted by Gasteiger charge is 2.24. The van der Waals surface area contributed by atoms with E-state index in [9.17, 15) is 4.79 Å². The van der Waals surface area contributed by atoms with Crippen LogP contribution in [-0.2, 0) is 0 Å². The van der Waals surface area contributed by atoms with Crippen molar-refractivity contribution in [2.24, 2.45) is 5.73 Å². The molecule has 0 saturated carbocycles. The van der Waals surface area contributed by atoms with Crippen LogP contribution in [0.25, 0.3) is 0 Å². The number of hydrogen-bond donors (Lipinski definition) is 3. The van der Waals surface area contributed by atoms with Gasteiger partial charge >= 0.3 is 0 Å². The maximum absolute atomic E-state index is 12.1. The molecule has 7 heteroatoms. The van der Waals surface area contributed by atoms with Gasteiger partial charge in [0.1, 0.15) is 10.7 Å². The van der Waals surface area contributed by atoms with Gasteiger partial charge in [-0.05, 0) is 12.8 Å². The predicted octanol–water partition coefficient (Wildman–Crippen LogP) is 1.18. The molecule has 1 fully saturated rings. The number of anilines is 2. The summed E-state index contributed by atoms with van der Waals surface area (Å²) in [6.07, 6.45) is 4.21. The van der Waals surface area contributed by atoms with Crippen molar-refractivity contribution in [2.75, 3.05) is 30.3 Å². The molecule has 1 aliphatic rings. The van der Waals surface area contributed by atoms with Gasteiger partial charge in [-0.25, -0.2) is 4.98 Å². The number of rotatable bonds is 6. The second-order valence-corrected chi connectivity index (χ2v) is 6.15. The summed E-state index contributed by atoms with van der Waals surface area (Å²) in [6, 6.07) is 0.187. The SMILES string of the molecule is CCCCCNC(=O)c1sc(N2CCC(N)C2)nc1N. The minimum absolute atomic E-state index is 0.120. The summed E-state index contributed by atoms with van der Waals surface area (Å²) >= 11 is 1.35. The Kier molecular flexibility index (Phi) is 5.19. The van der Waals surface area contributed by atoms with Crippen molar-refractivity contribution >= 4 is 28.2 Å². The van der Waals surface area contributed by atoms with Gasteiger partial charge in [0.05, 0.1) is 0 Å². The Morgan fingerprint density at radius 1 is 1.55 bits per heavy atom. The Hall–Kier alpha value is -1.34. The zero-order chi connectivity index (χ0) is 14.5. The Bertz CT molecular complexity index is 462. The van der Waals surface area contributed by atoms with Gasteiger partial charge in [-0.15, -0.1) is 0 Å². The average molecular weight is 297 g/mol. The summed E-state index contributed by atoms with van der Waals surface area (Å²) in [4.78, 5) is 19.0. The van der Waals surface area contributed by atoms with Gasteiger partial charge in [0.2, 0.25) is 0 Å². The molecule has 2 rings (SSSR count). The van der Waals surface area contributed by atoms with Crippen molar-refractivity contribution in [3.8, 4) is 0 Å². The maximum atomic E-state index is 12.1. The number of carbonyl (C=O) groups is 1. The number of thiazole rings is 1. The molecule has 5 N–H and O–H groups in total. The minimum Gasteiger partial charge on any atom is -0.382 e. The van der Waals surface area contributed by atoms with Gasteiger partial charge in [-0.3, -0.25) is 4.79 Å². The van der Waals surface area contributed by atoms with Crippen LogP contribution in [0.4, 0.5) is 10.9 Å². The van der Waals surface area contributed by atoms with Crippen LogP contribution >= 0.6 is 11.3 Å². The number of nitrogens with zero attached hydrogens (tertiary/aromatic N) is 2. The predicted molar refractivity (Wildman–Crippen MR) is 83.2 cm³/mol. The molecule has 2 heterocycles. The summed E-state index contributed by atoms with van der Waals surface area (Å²) in [5.74, 6) is 0.198. The molecule has 1 saturated heterocycles. The zero-order valence-corrected chi connectivity index (χ0v) is 12.7. The molecule has 1 amide bonds. The number of aromatic nitrogens is 1. The number of nitrogens with two attached hydrogens (primary N) is 2. The highest BCUT2D eigenvalue weighted by molar-refractivity contribution is 7.18. The van der Waals surface area contributed by atoms with Crippen LogP contribution in [-0.4, -0.2) is 36.6 Å². The molecule has 6 nitrogen and oxygen atoms in total. The molecule has 0 radical (unpaired) electrons. The summed E-state index contributed by atoms with van der Waals surface area (Å²) in [7, 11) is 0. The number of unbranched alkanes of at least 4 members (excludes halogenated alkanes) is 2. The van der Waals surface area contributed by atoms with Gasteiger partial charge in [0.15, 0.2) is 5.13 Å². The molecule has 1 aromatic rings. The first-order chi connectivity index (χ1) is 9.61. The van der Waals surface area contributed by atoms with E-state index >= 15 is 0 Å². The van der Waals surface area contributed by atoms with E-state index in [4.69, 9.17) is 11.5 Å². The Balaban J connectivity index is 1.94. The fourth-order valence-electron chi connectivity index (χ4n) is 2.24. The molecule has 1 atom stereocenters. The third-order valence-corrected chi connectivity index (χ3v) is 4.54. The largest absolute Gasteiger partial charge is 0.382 e. The van der Waals surface area contributed by atoms with E-state index in [2.05, 4.69) is 22.1 Å². The molecule has 1 unspecified atom stereocenters. The lowest BCUT2D eigenvalue weighted by Gasteiger charge is -2.12. The van der Waals surface area contributed by atoms with Crippen LogP contribution < -0.4 is 21.7 Å². The Morgan fingerprint density at radius 2 is 2.35 bits per heavy atom. The smallest absolute Gasteiger partial charge is 0.265 e. The van der Waals surface area contributed by atoms with Crippen LogP contribution in [0, 0.1) is 0 Å². The van der Waals surface area contributed by atoms with E-state index < -0.39 is 0 Å². The molecule has 0 aliphatic carbocycles. The third kappa shape index (κ3) is 3.61. The summed E-state index contributed by atoms with van der Waals surface area (Å²) in [5.41, 5.74) is 11.7. The van der Waals surface area contributed by atoms with E-state index in [1.54, 1.807) is 0 Å². The van der Waals surface area contributed by atoms with Crippen molar-refractivity contribution in [3.63, 3.8) is 0 Å². The van der Waals surface area contributed by atoms with E-state index in [1.165, 1.54) is 11.3 Å². The number of amides is 1. The summed E-state index contributed by atoms with van der Waals surface area (Å²) in [5, 5.41) is 3.70.